The number of rotatable bonds is 7. The summed E-state index contributed by atoms with van der Waals surface area (Å²) in [6.45, 7) is 4.60. The highest BCUT2D eigenvalue weighted by Crippen LogP contribution is 2.57. The van der Waals surface area contributed by atoms with Crippen LogP contribution in [0.4, 0.5) is 0 Å². The molecule has 1 heterocycles. The van der Waals surface area contributed by atoms with Gasteiger partial charge in [-0.1, -0.05) is 220 Å². The topological polar surface area (TPSA) is 9.23 Å². The van der Waals surface area contributed by atoms with Gasteiger partial charge >= 0.3 is 0 Å². The van der Waals surface area contributed by atoms with E-state index in [1.165, 1.54) is 61.2 Å². The SMILES string of the molecule is CC1(C)c2ccccc2Oc2c(-c3cccc(-c4c(-c5ccccc5)c(-c5ccccc5)c(-c5ccccc5)c(-c5ccccc5)c4-c4ccccc4)c3)cccc21. The van der Waals surface area contributed by atoms with Crippen LogP contribution in [-0.4, -0.2) is 0 Å². The molecule has 0 atom stereocenters. The Kier molecular flexibility index (Phi) is 8.92. The molecule has 0 fully saturated rings. The van der Waals surface area contributed by atoms with Gasteiger partial charge in [0.15, 0.2) is 0 Å². The molecular weight excluding hydrogens is 701 g/mol. The molecule has 9 aromatic rings. The lowest BCUT2D eigenvalue weighted by molar-refractivity contribution is 0.419. The fourth-order valence-corrected chi connectivity index (χ4v) is 9.04. The molecular formula is C57H42O. The van der Waals surface area contributed by atoms with E-state index < -0.39 is 0 Å². The predicted octanol–water partition coefficient (Wildman–Crippen LogP) is 15.8. The zero-order valence-electron chi connectivity index (χ0n) is 32.7. The van der Waals surface area contributed by atoms with Gasteiger partial charge < -0.3 is 4.74 Å². The van der Waals surface area contributed by atoms with Gasteiger partial charge in [-0.15, -0.1) is 0 Å². The van der Waals surface area contributed by atoms with Gasteiger partial charge in [-0.2, -0.15) is 0 Å². The summed E-state index contributed by atoms with van der Waals surface area (Å²) < 4.78 is 6.85. The summed E-state index contributed by atoms with van der Waals surface area (Å²) >= 11 is 0. The van der Waals surface area contributed by atoms with E-state index in [2.05, 4.69) is 232 Å². The van der Waals surface area contributed by atoms with Gasteiger partial charge in [0, 0.05) is 22.1 Å². The van der Waals surface area contributed by atoms with Crippen molar-refractivity contribution in [1.82, 2.24) is 0 Å². The molecule has 1 heteroatoms. The monoisotopic (exact) mass is 742 g/mol. The van der Waals surface area contributed by atoms with Crippen LogP contribution in [0.25, 0.3) is 77.9 Å². The lowest BCUT2D eigenvalue weighted by Crippen LogP contribution is -2.24. The van der Waals surface area contributed by atoms with E-state index in [1.807, 2.05) is 0 Å². The number of hydrogen-bond acceptors (Lipinski definition) is 1. The molecule has 0 amide bonds. The van der Waals surface area contributed by atoms with Crippen LogP contribution in [0.5, 0.6) is 11.5 Å². The molecule has 1 aliphatic heterocycles. The second kappa shape index (κ2) is 14.7. The van der Waals surface area contributed by atoms with Crippen LogP contribution in [-0.2, 0) is 5.41 Å². The molecule has 1 nitrogen and oxygen atoms in total. The highest BCUT2D eigenvalue weighted by atomic mass is 16.5. The zero-order chi connectivity index (χ0) is 39.1. The molecule has 0 bridgehead atoms. The average Bonchev–Trinajstić information content (AvgIpc) is 3.29. The van der Waals surface area contributed by atoms with Gasteiger partial charge in [-0.25, -0.2) is 0 Å². The third-order valence-electron chi connectivity index (χ3n) is 11.7. The van der Waals surface area contributed by atoms with Crippen molar-refractivity contribution in [3.8, 4) is 89.4 Å². The summed E-state index contributed by atoms with van der Waals surface area (Å²) in [6.07, 6.45) is 0. The van der Waals surface area contributed by atoms with Gasteiger partial charge in [0.2, 0.25) is 0 Å². The van der Waals surface area contributed by atoms with Crippen LogP contribution >= 0.6 is 0 Å². The standard InChI is InChI=1S/C57H42O/c1-57(2)47-35-18-19-37-49(47)58-56-46(34-21-36-48(56)57)44-32-20-33-45(38-44)55-53(42-28-14-6-15-29-42)51(40-24-10-4-11-25-40)50(39-22-8-3-9-23-39)52(41-26-12-5-13-27-41)54(55)43-30-16-7-17-31-43/h3-38H,1-2H3. The van der Waals surface area contributed by atoms with Crippen molar-refractivity contribution in [2.24, 2.45) is 0 Å². The summed E-state index contributed by atoms with van der Waals surface area (Å²) in [6, 6.07) is 78.9. The lowest BCUT2D eigenvalue weighted by atomic mass is 9.73. The normalized spacial score (nSPS) is 12.6. The van der Waals surface area contributed by atoms with E-state index in [4.69, 9.17) is 4.74 Å². The molecule has 276 valence electrons. The van der Waals surface area contributed by atoms with Gasteiger partial charge in [0.25, 0.3) is 0 Å². The summed E-state index contributed by atoms with van der Waals surface area (Å²) in [5, 5.41) is 0. The van der Waals surface area contributed by atoms with Gasteiger partial charge in [0.1, 0.15) is 11.5 Å². The first-order valence-corrected chi connectivity index (χ1v) is 20.1. The van der Waals surface area contributed by atoms with E-state index in [9.17, 15) is 0 Å². The fourth-order valence-electron chi connectivity index (χ4n) is 9.04. The molecule has 58 heavy (non-hydrogen) atoms. The third kappa shape index (κ3) is 6.04. The maximum Gasteiger partial charge on any atom is 0.139 e. The Labute approximate surface area is 341 Å². The molecule has 0 aromatic heterocycles. The van der Waals surface area contributed by atoms with Gasteiger partial charge in [-0.05, 0) is 84.5 Å². The molecule has 9 aromatic carbocycles. The summed E-state index contributed by atoms with van der Waals surface area (Å²) in [5.74, 6) is 1.84. The van der Waals surface area contributed by atoms with E-state index >= 15 is 0 Å². The molecule has 0 N–H and O–H groups in total. The molecule has 0 unspecified atom stereocenters. The highest BCUT2D eigenvalue weighted by molar-refractivity contribution is 6.15. The predicted molar refractivity (Wildman–Crippen MR) is 243 cm³/mol. The van der Waals surface area contributed by atoms with Crippen molar-refractivity contribution in [3.05, 3.63) is 230 Å². The summed E-state index contributed by atoms with van der Waals surface area (Å²) in [4.78, 5) is 0. The fraction of sp³-hybridized carbons (Fsp3) is 0.0526. The number of ether oxygens (including phenoxy) is 1. The maximum atomic E-state index is 6.85. The molecule has 0 radical (unpaired) electrons. The molecule has 0 saturated heterocycles. The Morgan fingerprint density at radius 1 is 0.293 bits per heavy atom. The first kappa shape index (κ1) is 35.2. The van der Waals surface area contributed by atoms with E-state index in [0.717, 1.165) is 39.3 Å². The second-order valence-corrected chi connectivity index (χ2v) is 15.6. The largest absolute Gasteiger partial charge is 0.456 e. The first-order valence-electron chi connectivity index (χ1n) is 20.1. The minimum absolute atomic E-state index is 0.221. The van der Waals surface area contributed by atoms with Gasteiger partial charge in [0.05, 0.1) is 0 Å². The lowest BCUT2D eigenvalue weighted by Gasteiger charge is -2.35. The van der Waals surface area contributed by atoms with Crippen LogP contribution in [0, 0.1) is 0 Å². The van der Waals surface area contributed by atoms with Crippen LogP contribution < -0.4 is 4.74 Å². The van der Waals surface area contributed by atoms with Crippen molar-refractivity contribution >= 4 is 0 Å². The van der Waals surface area contributed by atoms with Crippen LogP contribution in [0.1, 0.15) is 25.0 Å². The van der Waals surface area contributed by atoms with Crippen molar-refractivity contribution < 1.29 is 4.74 Å². The number of hydrogen-bond donors (Lipinski definition) is 0. The third-order valence-corrected chi connectivity index (χ3v) is 11.7. The summed E-state index contributed by atoms with van der Waals surface area (Å²) in [7, 11) is 0. The van der Waals surface area contributed by atoms with Crippen molar-refractivity contribution in [2.45, 2.75) is 19.3 Å². The second-order valence-electron chi connectivity index (χ2n) is 15.6. The van der Waals surface area contributed by atoms with E-state index in [0.29, 0.717) is 0 Å². The number of benzene rings is 9. The molecule has 10 rings (SSSR count). The minimum atomic E-state index is -0.221. The van der Waals surface area contributed by atoms with Crippen LogP contribution in [0.15, 0.2) is 218 Å². The highest BCUT2D eigenvalue weighted by Gasteiger charge is 2.35. The Balaban J connectivity index is 1.36. The van der Waals surface area contributed by atoms with Crippen LogP contribution in [0.3, 0.4) is 0 Å². The minimum Gasteiger partial charge on any atom is -0.456 e. The maximum absolute atomic E-state index is 6.85. The van der Waals surface area contributed by atoms with E-state index in [1.54, 1.807) is 0 Å². The number of fused-ring (bicyclic) bond motifs is 2. The van der Waals surface area contributed by atoms with Crippen molar-refractivity contribution in [2.75, 3.05) is 0 Å². The van der Waals surface area contributed by atoms with Crippen molar-refractivity contribution in [1.29, 1.82) is 0 Å². The molecule has 0 aliphatic carbocycles. The Morgan fingerprint density at radius 2 is 0.621 bits per heavy atom. The molecule has 0 spiro atoms. The summed E-state index contributed by atoms with van der Waals surface area (Å²) in [5.41, 5.74) is 18.5. The quantitative estimate of drug-likeness (QED) is 0.158. The Bertz CT molecular complexity index is 2790. The smallest absolute Gasteiger partial charge is 0.139 e. The number of para-hydroxylation sites is 2. The average molecular weight is 743 g/mol. The Hall–Kier alpha value is -7.22. The molecule has 1 aliphatic rings. The first-order chi connectivity index (χ1) is 28.6. The zero-order valence-corrected chi connectivity index (χ0v) is 32.7. The van der Waals surface area contributed by atoms with Gasteiger partial charge in [-0.3, -0.25) is 0 Å². The molecule has 0 saturated carbocycles. The van der Waals surface area contributed by atoms with E-state index in [-0.39, 0.29) is 5.41 Å². The van der Waals surface area contributed by atoms with Crippen molar-refractivity contribution in [3.63, 3.8) is 0 Å². The Morgan fingerprint density at radius 3 is 1.07 bits per heavy atom. The van der Waals surface area contributed by atoms with Crippen LogP contribution in [0.2, 0.25) is 0 Å².